The molecule has 0 atom stereocenters. The maximum absolute atomic E-state index is 11.6. The molecule has 0 aliphatic carbocycles. The summed E-state index contributed by atoms with van der Waals surface area (Å²) in [6.45, 7) is 1.83. The zero-order chi connectivity index (χ0) is 12.3. The van der Waals surface area contributed by atoms with Crippen LogP contribution in [-0.4, -0.2) is 23.0 Å². The van der Waals surface area contributed by atoms with Crippen molar-refractivity contribution >= 4 is 5.97 Å². The van der Waals surface area contributed by atoms with Gasteiger partial charge in [0.2, 0.25) is 0 Å². The smallest absolute Gasteiger partial charge is 0.357 e. The normalized spacial score (nSPS) is 10.0. The highest BCUT2D eigenvalue weighted by Gasteiger charge is 2.15. The number of aryl methyl sites for hydroxylation is 1. The van der Waals surface area contributed by atoms with Gasteiger partial charge in [0.05, 0.1) is 12.8 Å². The Morgan fingerprint density at radius 1 is 1.24 bits per heavy atom. The molecule has 0 spiro atoms. The first kappa shape index (κ1) is 11.3. The molecule has 4 heteroatoms. The lowest BCUT2D eigenvalue weighted by atomic mass is 10.1. The van der Waals surface area contributed by atoms with Crippen molar-refractivity contribution in [2.24, 2.45) is 0 Å². The van der Waals surface area contributed by atoms with Gasteiger partial charge in [-0.3, -0.25) is 4.98 Å². The zero-order valence-electron chi connectivity index (χ0n) is 9.68. The van der Waals surface area contributed by atoms with Crippen molar-refractivity contribution in [3.63, 3.8) is 0 Å². The topological polar surface area (TPSA) is 52.1 Å². The van der Waals surface area contributed by atoms with Crippen LogP contribution in [0.1, 0.15) is 16.2 Å². The lowest BCUT2D eigenvalue weighted by molar-refractivity contribution is 0.0594. The van der Waals surface area contributed by atoms with Gasteiger partial charge in [-0.2, -0.15) is 0 Å². The van der Waals surface area contributed by atoms with Crippen molar-refractivity contribution in [2.75, 3.05) is 7.11 Å². The second-order valence-corrected chi connectivity index (χ2v) is 3.56. The molecule has 0 saturated heterocycles. The van der Waals surface area contributed by atoms with Gasteiger partial charge in [0.25, 0.3) is 0 Å². The van der Waals surface area contributed by atoms with Crippen molar-refractivity contribution < 1.29 is 9.53 Å². The molecule has 2 rings (SSSR count). The molecule has 0 aromatic carbocycles. The van der Waals surface area contributed by atoms with Crippen LogP contribution in [0, 0.1) is 6.92 Å². The van der Waals surface area contributed by atoms with Gasteiger partial charge in [0.15, 0.2) is 5.69 Å². The number of carbonyl (C=O) groups excluding carboxylic acids is 1. The Morgan fingerprint density at radius 2 is 2.06 bits per heavy atom. The molecule has 86 valence electrons. The number of hydrogen-bond acceptors (Lipinski definition) is 4. The van der Waals surface area contributed by atoms with Crippen molar-refractivity contribution in [2.45, 2.75) is 6.92 Å². The minimum Gasteiger partial charge on any atom is -0.464 e. The van der Waals surface area contributed by atoms with Crippen LogP contribution in [0.15, 0.2) is 36.5 Å². The van der Waals surface area contributed by atoms with E-state index in [1.54, 1.807) is 6.20 Å². The highest BCUT2D eigenvalue weighted by Crippen LogP contribution is 2.21. The molecule has 0 N–H and O–H groups in total. The molecule has 2 aromatic rings. The third-order valence-corrected chi connectivity index (χ3v) is 2.35. The lowest BCUT2D eigenvalue weighted by Gasteiger charge is -2.07. The van der Waals surface area contributed by atoms with E-state index in [0.29, 0.717) is 17.0 Å². The van der Waals surface area contributed by atoms with Crippen LogP contribution >= 0.6 is 0 Å². The molecule has 2 aromatic heterocycles. The Morgan fingerprint density at radius 3 is 2.71 bits per heavy atom. The van der Waals surface area contributed by atoms with Gasteiger partial charge in [-0.15, -0.1) is 0 Å². The molecule has 0 unspecified atom stereocenters. The van der Waals surface area contributed by atoms with Crippen LogP contribution in [0.3, 0.4) is 0 Å². The summed E-state index contributed by atoms with van der Waals surface area (Å²) in [4.78, 5) is 20.1. The molecule has 0 radical (unpaired) electrons. The Bertz CT molecular complexity index is 538. The first-order valence-electron chi connectivity index (χ1n) is 5.19. The predicted octanol–water partition coefficient (Wildman–Crippen LogP) is 2.24. The molecule has 0 amide bonds. The number of hydrogen-bond donors (Lipinski definition) is 0. The molecule has 4 nitrogen and oxygen atoms in total. The number of rotatable bonds is 2. The van der Waals surface area contributed by atoms with Crippen LogP contribution in [0.25, 0.3) is 11.3 Å². The lowest BCUT2D eigenvalue weighted by Crippen LogP contribution is -2.07. The quantitative estimate of drug-likeness (QED) is 0.740. The van der Waals surface area contributed by atoms with Crippen LogP contribution in [0.4, 0.5) is 0 Å². The average Bonchev–Trinajstić information content (AvgIpc) is 2.38. The highest BCUT2D eigenvalue weighted by atomic mass is 16.5. The summed E-state index contributed by atoms with van der Waals surface area (Å²) in [5.74, 6) is -0.450. The molecule has 0 saturated carbocycles. The van der Waals surface area contributed by atoms with Crippen LogP contribution in [0.5, 0.6) is 0 Å². The van der Waals surface area contributed by atoms with Gasteiger partial charge in [-0.25, -0.2) is 9.78 Å². The van der Waals surface area contributed by atoms with E-state index >= 15 is 0 Å². The summed E-state index contributed by atoms with van der Waals surface area (Å²) in [7, 11) is 1.34. The number of aromatic nitrogens is 2. The molecule has 0 aliphatic heterocycles. The maximum Gasteiger partial charge on any atom is 0.357 e. The third-order valence-electron chi connectivity index (χ3n) is 2.35. The Kier molecular flexibility index (Phi) is 3.14. The summed E-state index contributed by atoms with van der Waals surface area (Å²) in [6.07, 6.45) is 1.68. The molecule has 2 heterocycles. The molecular formula is C13H12N2O2. The van der Waals surface area contributed by atoms with E-state index in [1.165, 1.54) is 7.11 Å². The van der Waals surface area contributed by atoms with E-state index in [1.807, 2.05) is 37.3 Å². The number of ether oxygens (including phenoxy) is 1. The first-order valence-corrected chi connectivity index (χ1v) is 5.19. The Balaban J connectivity index is 2.58. The maximum atomic E-state index is 11.6. The van der Waals surface area contributed by atoms with Crippen molar-refractivity contribution in [1.29, 1.82) is 0 Å². The summed E-state index contributed by atoms with van der Waals surface area (Å²) in [5.41, 5.74) is 2.46. The predicted molar refractivity (Wildman–Crippen MR) is 63.5 cm³/mol. The monoisotopic (exact) mass is 228 g/mol. The van der Waals surface area contributed by atoms with Crippen molar-refractivity contribution in [3.8, 4) is 11.3 Å². The van der Waals surface area contributed by atoms with E-state index in [4.69, 9.17) is 4.74 Å². The van der Waals surface area contributed by atoms with Crippen LogP contribution in [-0.2, 0) is 4.74 Å². The standard InChI is InChI=1S/C13H12N2O2/c1-9-6-7-10(11-5-3-4-8-14-11)12(15-9)13(16)17-2/h3-8H,1-2H3. The van der Waals surface area contributed by atoms with Crippen LogP contribution in [0.2, 0.25) is 0 Å². The molecule has 17 heavy (non-hydrogen) atoms. The number of carbonyl (C=O) groups is 1. The van der Waals surface area contributed by atoms with Gasteiger partial charge >= 0.3 is 5.97 Å². The van der Waals surface area contributed by atoms with E-state index in [9.17, 15) is 4.79 Å². The first-order chi connectivity index (χ1) is 8.22. The van der Waals surface area contributed by atoms with E-state index in [-0.39, 0.29) is 0 Å². The zero-order valence-corrected chi connectivity index (χ0v) is 9.68. The summed E-state index contributed by atoms with van der Waals surface area (Å²) in [5, 5.41) is 0. The molecule has 0 aliphatic rings. The summed E-state index contributed by atoms with van der Waals surface area (Å²) in [6, 6.07) is 9.19. The minimum absolute atomic E-state index is 0.297. The fraction of sp³-hybridized carbons (Fsp3) is 0.154. The molecule has 0 fully saturated rings. The van der Waals surface area contributed by atoms with Gasteiger partial charge in [-0.1, -0.05) is 6.07 Å². The number of esters is 1. The van der Waals surface area contributed by atoms with Gasteiger partial charge < -0.3 is 4.74 Å². The molecular weight excluding hydrogens is 216 g/mol. The fourth-order valence-electron chi connectivity index (χ4n) is 1.54. The number of methoxy groups -OCH3 is 1. The van der Waals surface area contributed by atoms with E-state index in [2.05, 4.69) is 9.97 Å². The second-order valence-electron chi connectivity index (χ2n) is 3.56. The van der Waals surface area contributed by atoms with Crippen LogP contribution < -0.4 is 0 Å². The average molecular weight is 228 g/mol. The Labute approximate surface area is 99.3 Å². The second kappa shape index (κ2) is 4.74. The summed E-state index contributed by atoms with van der Waals surface area (Å²) >= 11 is 0. The summed E-state index contributed by atoms with van der Waals surface area (Å²) < 4.78 is 4.72. The van der Waals surface area contributed by atoms with E-state index in [0.717, 1.165) is 5.69 Å². The van der Waals surface area contributed by atoms with Gasteiger partial charge in [0.1, 0.15) is 0 Å². The SMILES string of the molecule is COC(=O)c1nc(C)ccc1-c1ccccn1. The molecule has 0 bridgehead atoms. The third kappa shape index (κ3) is 2.30. The van der Waals surface area contributed by atoms with Gasteiger partial charge in [-0.05, 0) is 31.2 Å². The largest absolute Gasteiger partial charge is 0.464 e. The van der Waals surface area contributed by atoms with Gasteiger partial charge in [0, 0.05) is 17.5 Å². The van der Waals surface area contributed by atoms with Crippen molar-refractivity contribution in [1.82, 2.24) is 9.97 Å². The van der Waals surface area contributed by atoms with E-state index < -0.39 is 5.97 Å². The number of pyridine rings is 2. The number of nitrogens with zero attached hydrogens (tertiary/aromatic N) is 2. The van der Waals surface area contributed by atoms with Crippen molar-refractivity contribution in [3.05, 3.63) is 47.9 Å². The minimum atomic E-state index is -0.450. The fourth-order valence-corrected chi connectivity index (χ4v) is 1.54. The Hall–Kier alpha value is -2.23. The highest BCUT2D eigenvalue weighted by molar-refractivity contribution is 5.94.